The second-order valence-corrected chi connectivity index (χ2v) is 7.60. The second-order valence-electron chi connectivity index (χ2n) is 7.60. The molecule has 1 fully saturated rings. The van der Waals surface area contributed by atoms with E-state index in [1.807, 2.05) is 24.3 Å². The van der Waals surface area contributed by atoms with Gasteiger partial charge in [0.15, 0.2) is 0 Å². The van der Waals surface area contributed by atoms with Gasteiger partial charge in [-0.1, -0.05) is 121 Å². The number of hydrogen-bond acceptors (Lipinski definition) is 2. The van der Waals surface area contributed by atoms with Crippen LogP contribution in [0.15, 0.2) is 121 Å². The van der Waals surface area contributed by atoms with Crippen molar-refractivity contribution < 1.29 is 9.47 Å². The van der Waals surface area contributed by atoms with E-state index in [4.69, 9.17) is 9.47 Å². The molecule has 5 rings (SSSR count). The highest BCUT2D eigenvalue weighted by Gasteiger charge is 2.45. The molecular formula is C28H24O2. The Morgan fingerprint density at radius 2 is 0.967 bits per heavy atom. The molecule has 1 saturated heterocycles. The number of epoxide rings is 1. The van der Waals surface area contributed by atoms with Crippen LogP contribution in [0.2, 0.25) is 0 Å². The van der Waals surface area contributed by atoms with Gasteiger partial charge in [-0.05, 0) is 22.3 Å². The molecule has 0 amide bonds. The minimum atomic E-state index is -0.754. The van der Waals surface area contributed by atoms with Gasteiger partial charge >= 0.3 is 0 Å². The third-order valence-electron chi connectivity index (χ3n) is 5.67. The third kappa shape index (κ3) is 3.56. The van der Waals surface area contributed by atoms with Gasteiger partial charge in [0.05, 0.1) is 6.61 Å². The van der Waals surface area contributed by atoms with Gasteiger partial charge in [-0.15, -0.1) is 0 Å². The van der Waals surface area contributed by atoms with Crippen molar-refractivity contribution in [2.75, 3.05) is 6.61 Å². The Morgan fingerprint density at radius 1 is 0.600 bits per heavy atom. The molecule has 1 aliphatic rings. The molecule has 1 heterocycles. The molecule has 0 spiro atoms. The summed E-state index contributed by atoms with van der Waals surface area (Å²) in [6, 6.07) is 41.9. The van der Waals surface area contributed by atoms with Crippen LogP contribution in [0.25, 0.3) is 0 Å². The first-order valence-electron chi connectivity index (χ1n) is 10.4. The molecule has 0 aromatic heterocycles. The second kappa shape index (κ2) is 8.27. The van der Waals surface area contributed by atoms with E-state index in [1.54, 1.807) is 0 Å². The summed E-state index contributed by atoms with van der Waals surface area (Å²) >= 11 is 0. The predicted octanol–water partition coefficient (Wildman–Crippen LogP) is 6.14. The van der Waals surface area contributed by atoms with Crippen molar-refractivity contribution in [1.29, 1.82) is 0 Å². The van der Waals surface area contributed by atoms with Gasteiger partial charge in [0.25, 0.3) is 0 Å². The van der Waals surface area contributed by atoms with Crippen molar-refractivity contribution in [3.05, 3.63) is 144 Å². The fourth-order valence-electron chi connectivity index (χ4n) is 4.14. The lowest BCUT2D eigenvalue weighted by Gasteiger charge is -2.39. The van der Waals surface area contributed by atoms with Crippen molar-refractivity contribution in [3.63, 3.8) is 0 Å². The highest BCUT2D eigenvalue weighted by Crippen LogP contribution is 2.46. The van der Waals surface area contributed by atoms with Crippen LogP contribution < -0.4 is 0 Å². The lowest BCUT2D eigenvalue weighted by atomic mass is 9.79. The molecule has 2 unspecified atom stereocenters. The summed E-state index contributed by atoms with van der Waals surface area (Å²) in [5.74, 6) is 0. The lowest BCUT2D eigenvalue weighted by Crippen LogP contribution is -2.35. The van der Waals surface area contributed by atoms with Crippen LogP contribution in [-0.2, 0) is 15.1 Å². The van der Waals surface area contributed by atoms with Gasteiger partial charge in [0.2, 0.25) is 0 Å². The average molecular weight is 392 g/mol. The Morgan fingerprint density at radius 3 is 1.33 bits per heavy atom. The molecule has 2 atom stereocenters. The number of benzene rings is 4. The monoisotopic (exact) mass is 392 g/mol. The summed E-state index contributed by atoms with van der Waals surface area (Å²) in [5.41, 5.74) is 3.68. The van der Waals surface area contributed by atoms with E-state index in [-0.39, 0.29) is 12.2 Å². The van der Waals surface area contributed by atoms with E-state index < -0.39 is 5.60 Å². The zero-order valence-electron chi connectivity index (χ0n) is 16.7. The molecule has 0 radical (unpaired) electrons. The van der Waals surface area contributed by atoms with Crippen molar-refractivity contribution in [2.24, 2.45) is 0 Å². The van der Waals surface area contributed by atoms with Crippen LogP contribution in [0.5, 0.6) is 0 Å². The summed E-state index contributed by atoms with van der Waals surface area (Å²) in [5, 5.41) is 0. The molecule has 4 aromatic carbocycles. The Balaban J connectivity index is 1.73. The minimum Gasteiger partial charge on any atom is -0.370 e. The summed E-state index contributed by atoms with van der Waals surface area (Å²) in [6.07, 6.45) is -0.116. The molecule has 148 valence electrons. The molecule has 4 aromatic rings. The van der Waals surface area contributed by atoms with E-state index in [2.05, 4.69) is 97.1 Å². The van der Waals surface area contributed by atoms with Gasteiger partial charge in [-0.3, -0.25) is 0 Å². The lowest BCUT2D eigenvalue weighted by molar-refractivity contribution is -0.0611. The van der Waals surface area contributed by atoms with E-state index >= 15 is 0 Å². The third-order valence-corrected chi connectivity index (χ3v) is 5.67. The van der Waals surface area contributed by atoms with Gasteiger partial charge < -0.3 is 9.47 Å². The molecule has 2 heteroatoms. The smallest absolute Gasteiger partial charge is 0.144 e. The van der Waals surface area contributed by atoms with Crippen LogP contribution in [0.4, 0.5) is 0 Å². The van der Waals surface area contributed by atoms with Crippen LogP contribution in [0, 0.1) is 0 Å². The Bertz CT molecular complexity index is 962. The maximum Gasteiger partial charge on any atom is 0.144 e. The van der Waals surface area contributed by atoms with E-state index in [9.17, 15) is 0 Å². The molecule has 0 N–H and O–H groups in total. The zero-order chi connectivity index (χ0) is 20.2. The Labute approximate surface area is 177 Å². The quantitative estimate of drug-likeness (QED) is 0.278. The maximum atomic E-state index is 7.18. The largest absolute Gasteiger partial charge is 0.370 e. The molecule has 0 saturated carbocycles. The Kier molecular flexibility index (Phi) is 5.18. The number of rotatable bonds is 7. The standard InChI is InChI=1S/C28H24O2/c1-5-13-22(14-6-1)27(26-21-29-26)30-28(23-15-7-2-8-16-23,24-17-9-3-10-18-24)25-19-11-4-12-20-25/h1-20,26-27H,21H2. The van der Waals surface area contributed by atoms with Crippen molar-refractivity contribution in [2.45, 2.75) is 17.8 Å². The average Bonchev–Trinajstić information content (AvgIpc) is 3.68. The molecular weight excluding hydrogens is 368 g/mol. The molecule has 30 heavy (non-hydrogen) atoms. The number of hydrogen-bond donors (Lipinski definition) is 0. The fraction of sp³-hybridized carbons (Fsp3) is 0.143. The van der Waals surface area contributed by atoms with E-state index in [0.717, 1.165) is 22.3 Å². The van der Waals surface area contributed by atoms with Crippen LogP contribution in [-0.4, -0.2) is 12.7 Å². The summed E-state index contributed by atoms with van der Waals surface area (Å²) in [4.78, 5) is 0. The van der Waals surface area contributed by atoms with Gasteiger partial charge in [0, 0.05) is 0 Å². The van der Waals surface area contributed by atoms with Crippen LogP contribution in [0.3, 0.4) is 0 Å². The molecule has 1 aliphatic heterocycles. The first-order valence-corrected chi connectivity index (χ1v) is 10.4. The first kappa shape index (κ1) is 18.8. The highest BCUT2D eigenvalue weighted by atomic mass is 16.6. The van der Waals surface area contributed by atoms with Crippen LogP contribution in [0.1, 0.15) is 28.4 Å². The normalized spacial score (nSPS) is 16.7. The highest BCUT2D eigenvalue weighted by molar-refractivity contribution is 5.47. The van der Waals surface area contributed by atoms with E-state index in [0.29, 0.717) is 6.61 Å². The van der Waals surface area contributed by atoms with Crippen LogP contribution >= 0.6 is 0 Å². The number of ether oxygens (including phenoxy) is 2. The molecule has 0 aliphatic carbocycles. The summed E-state index contributed by atoms with van der Waals surface area (Å²) in [7, 11) is 0. The summed E-state index contributed by atoms with van der Waals surface area (Å²) in [6.45, 7) is 0.716. The zero-order valence-corrected chi connectivity index (χ0v) is 16.7. The van der Waals surface area contributed by atoms with E-state index in [1.165, 1.54) is 0 Å². The SMILES string of the molecule is c1ccc(C(OC(c2ccccc2)(c2ccccc2)c2ccccc2)C2CO2)cc1. The fourth-order valence-corrected chi connectivity index (χ4v) is 4.14. The Hall–Kier alpha value is -3.20. The maximum absolute atomic E-state index is 7.18. The minimum absolute atomic E-state index is 0.0583. The van der Waals surface area contributed by atoms with Crippen molar-refractivity contribution in [1.82, 2.24) is 0 Å². The topological polar surface area (TPSA) is 21.8 Å². The summed E-state index contributed by atoms with van der Waals surface area (Å²) < 4.78 is 12.9. The first-order chi connectivity index (χ1) is 14.9. The van der Waals surface area contributed by atoms with Gasteiger partial charge in [-0.25, -0.2) is 0 Å². The van der Waals surface area contributed by atoms with Crippen molar-refractivity contribution >= 4 is 0 Å². The van der Waals surface area contributed by atoms with Gasteiger partial charge in [-0.2, -0.15) is 0 Å². The molecule has 0 bridgehead atoms. The van der Waals surface area contributed by atoms with Crippen molar-refractivity contribution in [3.8, 4) is 0 Å². The molecule has 2 nitrogen and oxygen atoms in total. The van der Waals surface area contributed by atoms with Gasteiger partial charge in [0.1, 0.15) is 17.8 Å². The predicted molar refractivity (Wildman–Crippen MR) is 119 cm³/mol.